The number of benzene rings is 1. The molecule has 0 spiro atoms. The molecule has 0 aromatic heterocycles. The van der Waals surface area contributed by atoms with Crippen LogP contribution in [0.15, 0.2) is 30.3 Å². The van der Waals surface area contributed by atoms with Gasteiger partial charge >= 0.3 is 0 Å². The van der Waals surface area contributed by atoms with Gasteiger partial charge in [-0.15, -0.1) is 0 Å². The maximum Gasteiger partial charge on any atom is 0.00908 e. The highest BCUT2D eigenvalue weighted by atomic mass is 31.1. The zero-order valence-corrected chi connectivity index (χ0v) is 21.4. The largest absolute Gasteiger partial charge is 0.0947 e. The van der Waals surface area contributed by atoms with Crippen LogP contribution in [-0.2, 0) is 0 Å². The lowest BCUT2D eigenvalue weighted by Crippen LogP contribution is -2.33. The molecule has 0 saturated heterocycles. The van der Waals surface area contributed by atoms with Crippen molar-refractivity contribution in [1.29, 1.82) is 0 Å². The summed E-state index contributed by atoms with van der Waals surface area (Å²) in [5.74, 6) is 0. The van der Waals surface area contributed by atoms with Crippen molar-refractivity contribution >= 4 is 15.8 Å². The minimum absolute atomic E-state index is 0.116. The smallest absolute Gasteiger partial charge is 0.00908 e. The van der Waals surface area contributed by atoms with E-state index in [-0.39, 0.29) is 15.8 Å². The summed E-state index contributed by atoms with van der Waals surface area (Å²) in [6.45, 7) is 29.6. The van der Waals surface area contributed by atoms with Gasteiger partial charge in [-0.1, -0.05) is 129 Å². The Balaban J connectivity index is 3.52. The SMILES string of the molecule is CC(C)(C)P(CC(c1ccccc1)P(C(C)(C)C)C(C)(C)C)C(C)(C)C. The second-order valence-electron chi connectivity index (χ2n) is 11.6. The summed E-state index contributed by atoms with van der Waals surface area (Å²) >= 11 is 0. The lowest BCUT2D eigenvalue weighted by molar-refractivity contribution is 0.678. The van der Waals surface area contributed by atoms with E-state index in [1.807, 2.05) is 0 Å². The first-order chi connectivity index (χ1) is 11.5. The van der Waals surface area contributed by atoms with Crippen LogP contribution in [0, 0.1) is 0 Å². The Bertz CT molecular complexity index is 519. The summed E-state index contributed by atoms with van der Waals surface area (Å²) in [6, 6.07) is 11.4. The predicted molar refractivity (Wildman–Crippen MR) is 127 cm³/mol. The Hall–Kier alpha value is 0.0800. The number of rotatable bonds is 4. The van der Waals surface area contributed by atoms with Gasteiger partial charge in [0.25, 0.3) is 0 Å². The van der Waals surface area contributed by atoms with Crippen LogP contribution in [0.5, 0.6) is 0 Å². The van der Waals surface area contributed by atoms with Crippen molar-refractivity contribution in [1.82, 2.24) is 0 Å². The molecule has 1 aromatic rings. The minimum Gasteiger partial charge on any atom is -0.0947 e. The first-order valence-corrected chi connectivity index (χ1v) is 13.0. The number of hydrogen-bond donors (Lipinski definition) is 0. The molecule has 1 atom stereocenters. The summed E-state index contributed by atoms with van der Waals surface area (Å²) < 4.78 is 0. The quantitative estimate of drug-likeness (QED) is 0.447. The fraction of sp³-hybridized carbons (Fsp3) is 0.750. The van der Waals surface area contributed by atoms with Crippen molar-refractivity contribution < 1.29 is 0 Å². The Kier molecular flexibility index (Phi) is 7.62. The molecule has 0 aliphatic rings. The second-order valence-corrected chi connectivity index (χ2v) is 19.5. The van der Waals surface area contributed by atoms with Gasteiger partial charge in [-0.25, -0.2) is 0 Å². The molecule has 1 aromatic carbocycles. The lowest BCUT2D eigenvalue weighted by Gasteiger charge is -2.51. The topological polar surface area (TPSA) is 0 Å². The molecule has 0 saturated carbocycles. The van der Waals surface area contributed by atoms with Crippen molar-refractivity contribution in [2.45, 2.75) is 109 Å². The minimum atomic E-state index is -0.193. The van der Waals surface area contributed by atoms with Gasteiger partial charge in [0.2, 0.25) is 0 Å². The van der Waals surface area contributed by atoms with Crippen molar-refractivity contribution in [2.75, 3.05) is 6.16 Å². The normalized spacial score (nSPS) is 15.6. The molecule has 1 rings (SSSR count). The van der Waals surface area contributed by atoms with Gasteiger partial charge in [0.05, 0.1) is 0 Å². The monoisotopic (exact) mass is 394 g/mol. The first-order valence-electron chi connectivity index (χ1n) is 10.1. The van der Waals surface area contributed by atoms with Crippen LogP contribution in [-0.4, -0.2) is 26.8 Å². The van der Waals surface area contributed by atoms with E-state index in [1.54, 1.807) is 5.56 Å². The predicted octanol–water partition coefficient (Wildman–Crippen LogP) is 8.89. The Labute approximate surface area is 167 Å². The highest BCUT2D eigenvalue weighted by molar-refractivity contribution is 7.65. The van der Waals surface area contributed by atoms with Crippen LogP contribution in [0.4, 0.5) is 0 Å². The van der Waals surface area contributed by atoms with Gasteiger partial charge in [-0.05, 0) is 32.3 Å². The van der Waals surface area contributed by atoms with Crippen molar-refractivity contribution in [3.8, 4) is 0 Å². The molecule has 26 heavy (non-hydrogen) atoms. The van der Waals surface area contributed by atoms with E-state index in [1.165, 1.54) is 6.16 Å². The van der Waals surface area contributed by atoms with Gasteiger partial charge in [-0.3, -0.25) is 0 Å². The van der Waals surface area contributed by atoms with Crippen LogP contribution in [0.3, 0.4) is 0 Å². The summed E-state index contributed by atoms with van der Waals surface area (Å²) in [6.07, 6.45) is 1.34. The van der Waals surface area contributed by atoms with Gasteiger partial charge in [0, 0.05) is 5.66 Å². The first kappa shape index (κ1) is 24.1. The molecular formula is C24H44P2. The highest BCUT2D eigenvalue weighted by Gasteiger charge is 2.44. The molecule has 0 fully saturated rings. The summed E-state index contributed by atoms with van der Waals surface area (Å²) in [5.41, 5.74) is 2.22. The molecule has 150 valence electrons. The number of hydrogen-bond acceptors (Lipinski definition) is 0. The molecule has 0 radical (unpaired) electrons. The zero-order valence-electron chi connectivity index (χ0n) is 19.6. The van der Waals surface area contributed by atoms with Crippen LogP contribution in [0.25, 0.3) is 0 Å². The maximum absolute atomic E-state index is 2.47. The van der Waals surface area contributed by atoms with Crippen molar-refractivity contribution in [3.05, 3.63) is 35.9 Å². The second kappa shape index (κ2) is 8.21. The van der Waals surface area contributed by atoms with Crippen LogP contribution < -0.4 is 0 Å². The van der Waals surface area contributed by atoms with E-state index in [4.69, 9.17) is 0 Å². The van der Waals surface area contributed by atoms with Gasteiger partial charge in [0.15, 0.2) is 0 Å². The summed E-state index contributed by atoms with van der Waals surface area (Å²) in [5, 5.41) is 1.42. The van der Waals surface area contributed by atoms with Gasteiger partial charge in [0.1, 0.15) is 0 Å². The molecule has 0 N–H and O–H groups in total. The van der Waals surface area contributed by atoms with Crippen molar-refractivity contribution in [3.63, 3.8) is 0 Å². The van der Waals surface area contributed by atoms with Crippen LogP contribution in [0.2, 0.25) is 0 Å². The Morgan fingerprint density at radius 3 is 1.31 bits per heavy atom. The van der Waals surface area contributed by atoms with Crippen molar-refractivity contribution in [2.24, 2.45) is 0 Å². The average Bonchev–Trinajstić information content (AvgIpc) is 2.38. The van der Waals surface area contributed by atoms with E-state index in [2.05, 4.69) is 113 Å². The summed E-state index contributed by atoms with van der Waals surface area (Å²) in [7, 11) is -0.309. The third kappa shape index (κ3) is 6.60. The fourth-order valence-electron chi connectivity index (χ4n) is 4.68. The Morgan fingerprint density at radius 1 is 0.615 bits per heavy atom. The molecule has 0 nitrogen and oxygen atoms in total. The molecule has 0 bridgehead atoms. The van der Waals surface area contributed by atoms with Gasteiger partial charge in [-0.2, -0.15) is 0 Å². The molecule has 1 unspecified atom stereocenters. The van der Waals surface area contributed by atoms with E-state index >= 15 is 0 Å². The average molecular weight is 395 g/mol. The fourth-order valence-corrected chi connectivity index (χ4v) is 13.8. The standard InChI is InChI=1S/C24H44P2/c1-21(2,3)25(22(4,5)6)18-20(19-16-14-13-15-17-19)26(23(7,8)9)24(10,11)12/h13-17,20H,18H2,1-12H3. The van der Waals surface area contributed by atoms with E-state index < -0.39 is 0 Å². The molecule has 2 heteroatoms. The molecule has 0 amide bonds. The molecule has 0 aliphatic carbocycles. The molecule has 0 aliphatic heterocycles. The molecular weight excluding hydrogens is 350 g/mol. The molecule has 0 heterocycles. The van der Waals surface area contributed by atoms with Crippen LogP contribution >= 0.6 is 15.8 Å². The van der Waals surface area contributed by atoms with Gasteiger partial charge < -0.3 is 0 Å². The summed E-state index contributed by atoms with van der Waals surface area (Å²) in [4.78, 5) is 0. The van der Waals surface area contributed by atoms with E-state index in [0.717, 1.165) is 0 Å². The van der Waals surface area contributed by atoms with E-state index in [0.29, 0.717) is 26.3 Å². The highest BCUT2D eigenvalue weighted by Crippen LogP contribution is 2.72. The Morgan fingerprint density at radius 2 is 1.00 bits per heavy atom. The maximum atomic E-state index is 2.47. The van der Waals surface area contributed by atoms with E-state index in [9.17, 15) is 0 Å². The zero-order chi connectivity index (χ0) is 20.6. The third-order valence-corrected chi connectivity index (χ3v) is 13.2. The third-order valence-electron chi connectivity index (χ3n) is 4.92. The van der Waals surface area contributed by atoms with Crippen LogP contribution in [0.1, 0.15) is 94.3 Å². The lowest BCUT2D eigenvalue weighted by atomic mass is 10.2.